The largest absolute Gasteiger partial charge is 0.465 e. The van der Waals surface area contributed by atoms with Crippen LogP contribution in [-0.4, -0.2) is 65.7 Å². The number of benzene rings is 4. The van der Waals surface area contributed by atoms with Gasteiger partial charge in [-0.2, -0.15) is 0 Å². The van der Waals surface area contributed by atoms with E-state index in [1.165, 1.54) is 4.90 Å². The van der Waals surface area contributed by atoms with Gasteiger partial charge in [-0.15, -0.1) is 0 Å². The third-order valence-corrected chi connectivity index (χ3v) is 9.81. The van der Waals surface area contributed by atoms with Gasteiger partial charge in [-0.25, -0.2) is 19.6 Å². The van der Waals surface area contributed by atoms with Crippen LogP contribution in [0.4, 0.5) is 9.59 Å². The number of carboxylic acid groups (broad SMARTS) is 1. The molecule has 8 rings (SSSR count). The fraction of sp³-hybridized carbons (Fsp3) is 0.300. The van der Waals surface area contributed by atoms with Crippen LogP contribution in [0.3, 0.4) is 0 Å². The van der Waals surface area contributed by atoms with E-state index in [4.69, 9.17) is 9.72 Å². The Hall–Kier alpha value is -5.64. The van der Waals surface area contributed by atoms with Crippen LogP contribution >= 0.6 is 0 Å². The van der Waals surface area contributed by atoms with Crippen LogP contribution in [0.15, 0.2) is 85.1 Å². The fourth-order valence-electron chi connectivity index (χ4n) is 7.34. The van der Waals surface area contributed by atoms with E-state index in [0.717, 1.165) is 86.8 Å². The predicted octanol–water partition coefficient (Wildman–Crippen LogP) is 9.33. The Kier molecular flexibility index (Phi) is 7.81. The lowest BCUT2D eigenvalue weighted by Gasteiger charge is -2.27. The second-order valence-electron chi connectivity index (χ2n) is 14.4. The second kappa shape index (κ2) is 12.4. The summed E-state index contributed by atoms with van der Waals surface area (Å²) < 4.78 is 5.66. The number of carbonyl (C=O) groups excluding carboxylic acids is 1. The zero-order valence-corrected chi connectivity index (χ0v) is 28.4. The van der Waals surface area contributed by atoms with Gasteiger partial charge in [0.2, 0.25) is 0 Å². The quantitative estimate of drug-likeness (QED) is 0.168. The minimum atomic E-state index is -0.902. The topological polar surface area (TPSA) is 127 Å². The van der Waals surface area contributed by atoms with Crippen molar-refractivity contribution in [1.82, 2.24) is 29.7 Å². The number of ether oxygens (including phenoxy) is 1. The van der Waals surface area contributed by atoms with Crippen molar-refractivity contribution >= 4 is 34.0 Å². The highest BCUT2D eigenvalue weighted by Crippen LogP contribution is 2.35. The molecule has 6 aromatic rings. The van der Waals surface area contributed by atoms with E-state index in [1.54, 1.807) is 11.1 Å². The van der Waals surface area contributed by atoms with Gasteiger partial charge in [-0.05, 0) is 109 Å². The van der Waals surface area contributed by atoms with Crippen LogP contribution in [0.2, 0.25) is 0 Å². The van der Waals surface area contributed by atoms with Crippen molar-refractivity contribution in [2.75, 3.05) is 13.1 Å². The molecule has 2 fully saturated rings. The van der Waals surface area contributed by atoms with Gasteiger partial charge in [-0.3, -0.25) is 9.80 Å². The number of fused-ring (bicyclic) bond motifs is 2. The zero-order valence-electron chi connectivity index (χ0n) is 28.4. The molecule has 0 bridgehead atoms. The predicted molar refractivity (Wildman–Crippen MR) is 194 cm³/mol. The summed E-state index contributed by atoms with van der Waals surface area (Å²) in [6.45, 7) is 6.87. The standard InChI is InChI=1S/C40H40N6O4/c1-40(2,3)50-39(49)46-19-5-7-35(46)37-42-31-17-16-30(22-32(31)43-37)29-15-14-27-20-26(12-13-28(27)21-29)24-8-10-25(11-9-24)33-23-41-36(44-33)34-6-4-18-45(34)38(47)48/h8-17,20-23,34-35H,4-7,18-19H2,1-3H3,(H,41,44)(H,42,43)(H,47,48). The van der Waals surface area contributed by atoms with Crippen LogP contribution in [0.1, 0.15) is 70.2 Å². The molecule has 10 nitrogen and oxygen atoms in total. The lowest BCUT2D eigenvalue weighted by molar-refractivity contribution is 0.0219. The molecular weight excluding hydrogens is 628 g/mol. The summed E-state index contributed by atoms with van der Waals surface area (Å²) in [5.74, 6) is 1.49. The Morgan fingerprint density at radius 2 is 1.32 bits per heavy atom. The van der Waals surface area contributed by atoms with Crippen LogP contribution in [0, 0.1) is 0 Å². The number of nitrogens with zero attached hydrogens (tertiary/aromatic N) is 4. The van der Waals surface area contributed by atoms with Crippen LogP contribution in [0.5, 0.6) is 0 Å². The van der Waals surface area contributed by atoms with Gasteiger partial charge >= 0.3 is 12.2 Å². The number of aromatic nitrogens is 4. The van der Waals surface area contributed by atoms with E-state index in [-0.39, 0.29) is 18.2 Å². The van der Waals surface area contributed by atoms with Crippen LogP contribution in [-0.2, 0) is 4.74 Å². The Labute approximate surface area is 290 Å². The Bertz CT molecular complexity index is 2230. The van der Waals surface area contributed by atoms with Gasteiger partial charge in [0.15, 0.2) is 0 Å². The average molecular weight is 669 g/mol. The molecule has 50 heavy (non-hydrogen) atoms. The summed E-state index contributed by atoms with van der Waals surface area (Å²) >= 11 is 0. The van der Waals surface area contributed by atoms with Crippen molar-refractivity contribution < 1.29 is 19.4 Å². The number of rotatable bonds is 5. The first-order valence-corrected chi connectivity index (χ1v) is 17.3. The summed E-state index contributed by atoms with van der Waals surface area (Å²) in [6.07, 6.45) is 3.98. The molecule has 0 radical (unpaired) electrons. The molecule has 0 saturated carbocycles. The molecule has 0 aliphatic carbocycles. The Morgan fingerprint density at radius 1 is 0.740 bits per heavy atom. The van der Waals surface area contributed by atoms with Crippen molar-refractivity contribution in [1.29, 1.82) is 0 Å². The molecule has 2 aliphatic rings. The number of imidazole rings is 2. The molecule has 4 heterocycles. The zero-order chi connectivity index (χ0) is 34.6. The van der Waals surface area contributed by atoms with E-state index >= 15 is 0 Å². The van der Waals surface area contributed by atoms with Gasteiger partial charge in [-0.1, -0.05) is 54.6 Å². The number of hydrogen-bond donors (Lipinski definition) is 3. The Balaban J connectivity index is 0.990. The molecule has 2 atom stereocenters. The molecule has 254 valence electrons. The maximum absolute atomic E-state index is 12.9. The summed E-state index contributed by atoms with van der Waals surface area (Å²) in [5, 5.41) is 11.8. The smallest absolute Gasteiger partial charge is 0.410 e. The normalized spacial score (nSPS) is 18.0. The first-order valence-electron chi connectivity index (χ1n) is 17.3. The van der Waals surface area contributed by atoms with E-state index < -0.39 is 11.7 Å². The summed E-state index contributed by atoms with van der Waals surface area (Å²) in [5.41, 5.74) is 7.61. The first kappa shape index (κ1) is 31.6. The molecule has 2 unspecified atom stereocenters. The van der Waals surface area contributed by atoms with E-state index in [0.29, 0.717) is 18.9 Å². The minimum absolute atomic E-state index is 0.126. The number of nitrogens with one attached hydrogen (secondary N) is 2. The van der Waals surface area contributed by atoms with Gasteiger partial charge < -0.3 is 19.8 Å². The number of H-pyrrole nitrogens is 2. The van der Waals surface area contributed by atoms with Gasteiger partial charge in [0, 0.05) is 13.1 Å². The van der Waals surface area contributed by atoms with Crippen molar-refractivity contribution in [3.63, 3.8) is 0 Å². The van der Waals surface area contributed by atoms with Gasteiger partial charge in [0.25, 0.3) is 0 Å². The molecule has 0 spiro atoms. The van der Waals surface area contributed by atoms with E-state index in [2.05, 4.69) is 87.7 Å². The summed E-state index contributed by atoms with van der Waals surface area (Å²) in [7, 11) is 0. The monoisotopic (exact) mass is 668 g/mol. The molecule has 2 amide bonds. The fourth-order valence-corrected chi connectivity index (χ4v) is 7.34. The summed E-state index contributed by atoms with van der Waals surface area (Å²) in [4.78, 5) is 44.0. The number of amides is 2. The number of aromatic amines is 2. The Morgan fingerprint density at radius 3 is 2.00 bits per heavy atom. The van der Waals surface area contributed by atoms with Gasteiger partial charge in [0.05, 0.1) is 35.0 Å². The molecule has 2 aromatic heterocycles. The van der Waals surface area contributed by atoms with E-state index in [9.17, 15) is 14.7 Å². The highest BCUT2D eigenvalue weighted by atomic mass is 16.6. The molecule has 2 saturated heterocycles. The molecule has 3 N–H and O–H groups in total. The third-order valence-electron chi connectivity index (χ3n) is 9.81. The van der Waals surface area contributed by atoms with Crippen molar-refractivity contribution in [2.24, 2.45) is 0 Å². The van der Waals surface area contributed by atoms with Crippen molar-refractivity contribution in [3.05, 3.63) is 96.7 Å². The molecule has 4 aromatic carbocycles. The number of likely N-dealkylation sites (tertiary alicyclic amines) is 2. The third kappa shape index (κ3) is 6.06. The lowest BCUT2D eigenvalue weighted by Crippen LogP contribution is -2.36. The average Bonchev–Trinajstić information content (AvgIpc) is 3.92. The molecule has 10 heteroatoms. The first-order chi connectivity index (χ1) is 24.1. The number of hydrogen-bond acceptors (Lipinski definition) is 5. The van der Waals surface area contributed by atoms with Crippen LogP contribution < -0.4 is 0 Å². The highest BCUT2D eigenvalue weighted by molar-refractivity contribution is 5.92. The van der Waals surface area contributed by atoms with Crippen molar-refractivity contribution in [3.8, 4) is 33.5 Å². The molecule has 2 aliphatic heterocycles. The maximum atomic E-state index is 12.9. The second-order valence-corrected chi connectivity index (χ2v) is 14.4. The van der Waals surface area contributed by atoms with Crippen LogP contribution in [0.25, 0.3) is 55.3 Å². The molecular formula is C40H40N6O4. The minimum Gasteiger partial charge on any atom is -0.465 e. The maximum Gasteiger partial charge on any atom is 0.410 e. The van der Waals surface area contributed by atoms with E-state index in [1.807, 2.05) is 26.8 Å². The number of carbonyl (C=O) groups is 2. The lowest BCUT2D eigenvalue weighted by atomic mass is 9.97. The SMILES string of the molecule is CC(C)(C)OC(=O)N1CCCC1c1nc2ccc(-c3ccc4cc(-c5ccc(-c6cnc(C7CCCN7C(=O)O)[nH]6)cc5)ccc4c3)cc2[nH]1. The summed E-state index contributed by atoms with van der Waals surface area (Å²) in [6, 6.07) is 27.3. The van der Waals surface area contributed by atoms with Gasteiger partial charge in [0.1, 0.15) is 17.2 Å². The van der Waals surface area contributed by atoms with Crippen molar-refractivity contribution in [2.45, 2.75) is 64.1 Å². The highest BCUT2D eigenvalue weighted by Gasteiger charge is 2.35.